The Morgan fingerprint density at radius 3 is 2.80 bits per heavy atom. The van der Waals surface area contributed by atoms with E-state index in [4.69, 9.17) is 0 Å². The van der Waals surface area contributed by atoms with E-state index in [2.05, 4.69) is 10.3 Å². The summed E-state index contributed by atoms with van der Waals surface area (Å²) in [6.07, 6.45) is 1.07. The molecule has 2 rings (SSSR count). The van der Waals surface area contributed by atoms with Gasteiger partial charge in [-0.25, -0.2) is 4.79 Å². The summed E-state index contributed by atoms with van der Waals surface area (Å²) in [5.41, 5.74) is 1.71. The molecular formula is C11H17N3O. The van der Waals surface area contributed by atoms with Gasteiger partial charge in [0.15, 0.2) is 0 Å². The fraction of sp³-hybridized carbons (Fsp3) is 0.636. The molecule has 0 spiro atoms. The molecule has 1 aliphatic heterocycles. The van der Waals surface area contributed by atoms with Crippen LogP contribution in [0.5, 0.6) is 0 Å². The van der Waals surface area contributed by atoms with E-state index in [0.717, 1.165) is 43.4 Å². The summed E-state index contributed by atoms with van der Waals surface area (Å²) in [5, 5.41) is 3.23. The third-order valence-electron chi connectivity index (χ3n) is 2.97. The first-order valence-corrected chi connectivity index (χ1v) is 5.42. The molecule has 4 nitrogen and oxygen atoms in total. The van der Waals surface area contributed by atoms with E-state index in [9.17, 15) is 4.79 Å². The van der Waals surface area contributed by atoms with Gasteiger partial charge in [0.25, 0.3) is 0 Å². The van der Waals surface area contributed by atoms with E-state index >= 15 is 0 Å². The zero-order valence-corrected chi connectivity index (χ0v) is 9.29. The highest BCUT2D eigenvalue weighted by Gasteiger charge is 2.16. The van der Waals surface area contributed by atoms with Crippen molar-refractivity contribution in [1.82, 2.24) is 14.9 Å². The van der Waals surface area contributed by atoms with Gasteiger partial charge >= 0.3 is 5.69 Å². The van der Waals surface area contributed by atoms with Crippen LogP contribution in [0.25, 0.3) is 0 Å². The van der Waals surface area contributed by atoms with Crippen molar-refractivity contribution in [3.05, 3.63) is 27.9 Å². The molecule has 2 heterocycles. The van der Waals surface area contributed by atoms with Crippen LogP contribution < -0.4 is 11.0 Å². The summed E-state index contributed by atoms with van der Waals surface area (Å²) >= 11 is 0. The number of aromatic nitrogens is 2. The third-order valence-corrected chi connectivity index (χ3v) is 2.97. The lowest BCUT2D eigenvalue weighted by atomic mass is 9.99. The van der Waals surface area contributed by atoms with E-state index in [0.29, 0.717) is 0 Å². The molecule has 0 aromatic carbocycles. The van der Waals surface area contributed by atoms with E-state index in [1.807, 2.05) is 19.9 Å². The lowest BCUT2D eigenvalue weighted by Crippen LogP contribution is -2.42. The number of hydrogen-bond acceptors (Lipinski definition) is 3. The first-order chi connectivity index (χ1) is 7.16. The van der Waals surface area contributed by atoms with Crippen molar-refractivity contribution in [1.29, 1.82) is 0 Å². The predicted octanol–water partition coefficient (Wildman–Crippen LogP) is 0.470. The van der Waals surface area contributed by atoms with Gasteiger partial charge < -0.3 is 5.32 Å². The fourth-order valence-corrected chi connectivity index (χ4v) is 1.91. The van der Waals surface area contributed by atoms with E-state index in [-0.39, 0.29) is 5.69 Å². The topological polar surface area (TPSA) is 46.9 Å². The quantitative estimate of drug-likeness (QED) is 0.783. The predicted molar refractivity (Wildman–Crippen MR) is 58.9 cm³/mol. The van der Waals surface area contributed by atoms with Crippen LogP contribution in [0.2, 0.25) is 0 Å². The molecule has 1 aromatic heterocycles. The molecule has 0 atom stereocenters. The number of nitrogens with zero attached hydrogens (tertiary/aromatic N) is 2. The lowest BCUT2D eigenvalue weighted by molar-refractivity contribution is 0.309. The molecule has 1 aliphatic rings. The van der Waals surface area contributed by atoms with Gasteiger partial charge in [0.05, 0.1) is 0 Å². The van der Waals surface area contributed by atoms with E-state index < -0.39 is 0 Å². The molecule has 15 heavy (non-hydrogen) atoms. The Balaban J connectivity index is 2.09. The first kappa shape index (κ1) is 10.4. The zero-order chi connectivity index (χ0) is 10.8. The lowest BCUT2D eigenvalue weighted by Gasteiger charge is -2.27. The van der Waals surface area contributed by atoms with Crippen LogP contribution in [-0.2, 0) is 6.54 Å². The maximum Gasteiger partial charge on any atom is 0.347 e. The fourth-order valence-electron chi connectivity index (χ4n) is 1.91. The summed E-state index contributed by atoms with van der Waals surface area (Å²) in [4.78, 5) is 15.6. The van der Waals surface area contributed by atoms with Crippen molar-refractivity contribution < 1.29 is 0 Å². The summed E-state index contributed by atoms with van der Waals surface area (Å²) < 4.78 is 1.77. The van der Waals surface area contributed by atoms with E-state index in [1.165, 1.54) is 0 Å². The van der Waals surface area contributed by atoms with Crippen LogP contribution in [-0.4, -0.2) is 22.6 Å². The summed E-state index contributed by atoms with van der Waals surface area (Å²) in [5.74, 6) is 0.734. The smallest absolute Gasteiger partial charge is 0.316 e. The maximum atomic E-state index is 11.6. The molecule has 0 bridgehead atoms. The van der Waals surface area contributed by atoms with Gasteiger partial charge in [-0.15, -0.1) is 0 Å². The Morgan fingerprint density at radius 2 is 2.27 bits per heavy atom. The minimum absolute atomic E-state index is 0.111. The number of hydrogen-bond donors (Lipinski definition) is 1. The van der Waals surface area contributed by atoms with Gasteiger partial charge in [-0.2, -0.15) is 4.98 Å². The maximum absolute atomic E-state index is 11.6. The average Bonchev–Trinajstić information content (AvgIpc) is 2.06. The molecule has 82 valence electrons. The molecule has 0 amide bonds. The molecule has 0 aliphatic carbocycles. The number of aryl methyl sites for hydroxylation is 2. The van der Waals surface area contributed by atoms with Gasteiger partial charge in [-0.3, -0.25) is 4.57 Å². The monoisotopic (exact) mass is 207 g/mol. The second-order valence-corrected chi connectivity index (χ2v) is 4.29. The number of rotatable bonds is 3. The molecular weight excluding hydrogens is 190 g/mol. The van der Waals surface area contributed by atoms with Crippen LogP contribution in [0.15, 0.2) is 10.9 Å². The van der Waals surface area contributed by atoms with Crippen LogP contribution in [0.1, 0.15) is 17.8 Å². The largest absolute Gasteiger partial charge is 0.347 e. The second-order valence-electron chi connectivity index (χ2n) is 4.29. The Morgan fingerprint density at radius 1 is 1.53 bits per heavy atom. The Bertz CT molecular complexity index is 407. The molecule has 1 fully saturated rings. The van der Waals surface area contributed by atoms with Gasteiger partial charge in [-0.1, -0.05) is 0 Å². The van der Waals surface area contributed by atoms with Crippen LogP contribution in [0.4, 0.5) is 0 Å². The van der Waals surface area contributed by atoms with Crippen molar-refractivity contribution >= 4 is 0 Å². The molecule has 1 N–H and O–H groups in total. The Labute approximate surface area is 89.3 Å². The second kappa shape index (κ2) is 4.14. The van der Waals surface area contributed by atoms with Crippen molar-refractivity contribution in [2.75, 3.05) is 13.1 Å². The molecule has 0 unspecified atom stereocenters. The van der Waals surface area contributed by atoms with E-state index in [1.54, 1.807) is 4.57 Å². The highest BCUT2D eigenvalue weighted by Crippen LogP contribution is 2.09. The molecule has 1 aromatic rings. The van der Waals surface area contributed by atoms with Gasteiger partial charge in [0.1, 0.15) is 0 Å². The molecule has 0 radical (unpaired) electrons. The zero-order valence-electron chi connectivity index (χ0n) is 9.29. The van der Waals surface area contributed by atoms with Crippen LogP contribution >= 0.6 is 0 Å². The van der Waals surface area contributed by atoms with Gasteiger partial charge in [0, 0.05) is 17.9 Å². The summed E-state index contributed by atoms with van der Waals surface area (Å²) in [6, 6.07) is 1.96. The van der Waals surface area contributed by atoms with Crippen molar-refractivity contribution in [2.24, 2.45) is 5.92 Å². The van der Waals surface area contributed by atoms with Crippen LogP contribution in [0.3, 0.4) is 0 Å². The normalized spacial score (nSPS) is 16.4. The minimum Gasteiger partial charge on any atom is -0.316 e. The van der Waals surface area contributed by atoms with Crippen molar-refractivity contribution in [2.45, 2.75) is 26.8 Å². The Hall–Kier alpha value is -1.16. The molecule has 0 saturated carbocycles. The Kier molecular flexibility index (Phi) is 2.86. The van der Waals surface area contributed by atoms with Gasteiger partial charge in [0.2, 0.25) is 0 Å². The highest BCUT2D eigenvalue weighted by atomic mass is 16.1. The average molecular weight is 207 g/mol. The highest BCUT2D eigenvalue weighted by molar-refractivity contribution is 5.06. The van der Waals surface area contributed by atoms with Gasteiger partial charge in [-0.05, 0) is 45.3 Å². The standard InChI is InChI=1S/C11H17N3O/c1-8-5-9(2)14(11(15)13-8)4-3-10-6-12-7-10/h5,10,12H,3-4,6-7H2,1-2H3. The first-order valence-electron chi connectivity index (χ1n) is 5.42. The molecule has 1 saturated heterocycles. The minimum atomic E-state index is -0.111. The third kappa shape index (κ3) is 2.26. The van der Waals surface area contributed by atoms with Crippen LogP contribution in [0, 0.1) is 19.8 Å². The van der Waals surface area contributed by atoms with Crippen molar-refractivity contribution in [3.63, 3.8) is 0 Å². The number of nitrogens with one attached hydrogen (secondary N) is 1. The van der Waals surface area contributed by atoms with Crippen molar-refractivity contribution in [3.8, 4) is 0 Å². The SMILES string of the molecule is Cc1cc(C)n(CCC2CNC2)c(=O)n1. The summed E-state index contributed by atoms with van der Waals surface area (Å²) in [6.45, 7) is 6.80. The summed E-state index contributed by atoms with van der Waals surface area (Å²) in [7, 11) is 0. The molecule has 4 heteroatoms.